The van der Waals surface area contributed by atoms with E-state index in [-0.39, 0.29) is 0 Å². The van der Waals surface area contributed by atoms with Gasteiger partial charge in [-0.25, -0.2) is 0 Å². The molecule has 1 atom stereocenters. The quantitative estimate of drug-likeness (QED) is 0.779. The molecule has 1 aliphatic rings. The Morgan fingerprint density at radius 2 is 2.62 bits per heavy atom. The van der Waals surface area contributed by atoms with Gasteiger partial charge in [-0.15, -0.1) is 5.10 Å². The molecule has 1 fully saturated rings. The summed E-state index contributed by atoms with van der Waals surface area (Å²) in [4.78, 5) is 2.48. The molecule has 0 radical (unpaired) electrons. The van der Waals surface area contributed by atoms with E-state index in [0.29, 0.717) is 6.04 Å². The van der Waals surface area contributed by atoms with E-state index in [2.05, 4.69) is 30.4 Å². The van der Waals surface area contributed by atoms with E-state index in [0.717, 1.165) is 17.6 Å². The van der Waals surface area contributed by atoms with Crippen LogP contribution in [0.4, 0.5) is 0 Å². The van der Waals surface area contributed by atoms with Crippen molar-refractivity contribution in [3.05, 3.63) is 11.1 Å². The van der Waals surface area contributed by atoms with Gasteiger partial charge in [-0.1, -0.05) is 20.4 Å². The Labute approximate surface area is 90.4 Å². The number of alkyl halides is 1. The van der Waals surface area contributed by atoms with Crippen molar-refractivity contribution in [2.75, 3.05) is 11.9 Å². The Morgan fingerprint density at radius 1 is 1.69 bits per heavy atom. The lowest BCUT2D eigenvalue weighted by Crippen LogP contribution is -2.30. The van der Waals surface area contributed by atoms with E-state index in [1.54, 1.807) is 0 Å². The van der Waals surface area contributed by atoms with E-state index in [1.807, 2.05) is 5.38 Å². The van der Waals surface area contributed by atoms with Crippen molar-refractivity contribution < 1.29 is 0 Å². The summed E-state index contributed by atoms with van der Waals surface area (Å²) in [6.07, 6.45) is 2.62. The van der Waals surface area contributed by atoms with Crippen molar-refractivity contribution in [1.82, 2.24) is 14.5 Å². The minimum Gasteiger partial charge on any atom is -0.294 e. The lowest BCUT2D eigenvalue weighted by molar-refractivity contribution is 0.261. The Balaban J connectivity index is 1.94. The van der Waals surface area contributed by atoms with Crippen LogP contribution in [0.5, 0.6) is 0 Å². The fourth-order valence-electron chi connectivity index (χ4n) is 1.74. The minimum absolute atomic E-state index is 0.696. The summed E-state index contributed by atoms with van der Waals surface area (Å²) >= 11 is 4.98. The summed E-state index contributed by atoms with van der Waals surface area (Å²) in [6, 6.07) is 0.696. The zero-order valence-electron chi connectivity index (χ0n) is 7.32. The second kappa shape index (κ2) is 4.48. The highest BCUT2D eigenvalue weighted by atomic mass is 79.9. The van der Waals surface area contributed by atoms with E-state index in [9.17, 15) is 0 Å². The fourth-order valence-corrected chi connectivity index (χ4v) is 2.91. The first-order chi connectivity index (χ1) is 6.40. The zero-order chi connectivity index (χ0) is 9.10. The molecular formula is C8H12BrN3S. The molecule has 0 spiro atoms. The summed E-state index contributed by atoms with van der Waals surface area (Å²) in [5.74, 6) is 0. The molecule has 0 saturated carbocycles. The van der Waals surface area contributed by atoms with Crippen LogP contribution >= 0.6 is 27.5 Å². The van der Waals surface area contributed by atoms with Crippen LogP contribution < -0.4 is 0 Å². The van der Waals surface area contributed by atoms with Crippen molar-refractivity contribution in [3.63, 3.8) is 0 Å². The molecule has 1 aromatic heterocycles. The van der Waals surface area contributed by atoms with Crippen LogP contribution in [0, 0.1) is 0 Å². The van der Waals surface area contributed by atoms with E-state index in [1.165, 1.54) is 30.9 Å². The van der Waals surface area contributed by atoms with Crippen LogP contribution in [0.2, 0.25) is 0 Å². The molecule has 2 rings (SSSR count). The molecule has 1 saturated heterocycles. The summed E-state index contributed by atoms with van der Waals surface area (Å²) in [7, 11) is 0. The maximum absolute atomic E-state index is 4.06. The summed E-state index contributed by atoms with van der Waals surface area (Å²) < 4.78 is 3.87. The van der Waals surface area contributed by atoms with Crippen LogP contribution in [-0.2, 0) is 6.54 Å². The molecule has 3 nitrogen and oxygen atoms in total. The average Bonchev–Trinajstić information content (AvgIpc) is 2.76. The van der Waals surface area contributed by atoms with E-state index in [4.69, 9.17) is 0 Å². The van der Waals surface area contributed by atoms with Gasteiger partial charge in [-0.2, -0.15) is 0 Å². The van der Waals surface area contributed by atoms with E-state index < -0.39 is 0 Å². The summed E-state index contributed by atoms with van der Waals surface area (Å²) in [5.41, 5.74) is 1.11. The Kier molecular flexibility index (Phi) is 3.29. The molecule has 5 heteroatoms. The van der Waals surface area contributed by atoms with Gasteiger partial charge in [0.05, 0.1) is 5.69 Å². The van der Waals surface area contributed by atoms with Crippen LogP contribution in [-0.4, -0.2) is 32.4 Å². The standard InChI is InChI=1S/C8H12BrN3S/c9-4-8-2-1-3-12(8)5-7-6-13-11-10-7/h6,8H,1-5H2. The van der Waals surface area contributed by atoms with Crippen LogP contribution in [0.15, 0.2) is 5.38 Å². The first-order valence-electron chi connectivity index (χ1n) is 4.46. The average molecular weight is 262 g/mol. The molecule has 1 unspecified atom stereocenters. The fraction of sp³-hybridized carbons (Fsp3) is 0.750. The largest absolute Gasteiger partial charge is 0.294 e. The lowest BCUT2D eigenvalue weighted by Gasteiger charge is -2.20. The molecule has 0 bridgehead atoms. The number of nitrogens with zero attached hydrogens (tertiary/aromatic N) is 3. The predicted octanol–water partition coefficient (Wildman–Crippen LogP) is 1.90. The molecule has 0 amide bonds. The lowest BCUT2D eigenvalue weighted by atomic mass is 10.2. The highest BCUT2D eigenvalue weighted by Gasteiger charge is 2.23. The number of halogens is 1. The molecule has 2 heterocycles. The van der Waals surface area contributed by atoms with Crippen LogP contribution in [0.3, 0.4) is 0 Å². The maximum atomic E-state index is 4.06. The zero-order valence-corrected chi connectivity index (χ0v) is 9.72. The number of aromatic nitrogens is 2. The van der Waals surface area contributed by atoms with Gasteiger partial charge in [0.15, 0.2) is 0 Å². The Morgan fingerprint density at radius 3 is 3.31 bits per heavy atom. The number of hydrogen-bond acceptors (Lipinski definition) is 4. The van der Waals surface area contributed by atoms with Gasteiger partial charge in [-0.05, 0) is 30.9 Å². The first kappa shape index (κ1) is 9.55. The second-order valence-corrected chi connectivity index (χ2v) is 4.57. The topological polar surface area (TPSA) is 29.0 Å². The molecule has 1 aliphatic heterocycles. The normalized spacial score (nSPS) is 23.9. The number of likely N-dealkylation sites (tertiary alicyclic amines) is 1. The highest BCUT2D eigenvalue weighted by molar-refractivity contribution is 9.09. The van der Waals surface area contributed by atoms with Crippen molar-refractivity contribution in [2.45, 2.75) is 25.4 Å². The van der Waals surface area contributed by atoms with Gasteiger partial charge in [-0.3, -0.25) is 4.90 Å². The molecule has 0 aliphatic carbocycles. The first-order valence-corrected chi connectivity index (χ1v) is 6.42. The smallest absolute Gasteiger partial charge is 0.0895 e. The van der Waals surface area contributed by atoms with Crippen molar-refractivity contribution in [1.29, 1.82) is 0 Å². The van der Waals surface area contributed by atoms with Crippen LogP contribution in [0.1, 0.15) is 18.5 Å². The third kappa shape index (κ3) is 2.27. The minimum atomic E-state index is 0.696. The van der Waals surface area contributed by atoms with Crippen molar-refractivity contribution >= 4 is 27.5 Å². The second-order valence-electron chi connectivity index (χ2n) is 3.32. The van der Waals surface area contributed by atoms with E-state index >= 15 is 0 Å². The van der Waals surface area contributed by atoms with Gasteiger partial charge in [0.1, 0.15) is 0 Å². The van der Waals surface area contributed by atoms with Crippen molar-refractivity contribution in [2.24, 2.45) is 0 Å². The molecule has 0 aromatic carbocycles. The molecular weight excluding hydrogens is 250 g/mol. The summed E-state index contributed by atoms with van der Waals surface area (Å²) in [6.45, 7) is 2.17. The molecule has 13 heavy (non-hydrogen) atoms. The van der Waals surface area contributed by atoms with Crippen molar-refractivity contribution in [3.8, 4) is 0 Å². The van der Waals surface area contributed by atoms with Gasteiger partial charge >= 0.3 is 0 Å². The third-order valence-electron chi connectivity index (χ3n) is 2.45. The van der Waals surface area contributed by atoms with Gasteiger partial charge in [0.25, 0.3) is 0 Å². The Bertz CT molecular complexity index is 252. The summed E-state index contributed by atoms with van der Waals surface area (Å²) in [5, 5.41) is 7.17. The maximum Gasteiger partial charge on any atom is 0.0895 e. The van der Waals surface area contributed by atoms with Gasteiger partial charge < -0.3 is 0 Å². The third-order valence-corrected chi connectivity index (χ3v) is 3.75. The highest BCUT2D eigenvalue weighted by Crippen LogP contribution is 2.20. The Hall–Kier alpha value is 0. The predicted molar refractivity (Wildman–Crippen MR) is 57.1 cm³/mol. The molecule has 72 valence electrons. The monoisotopic (exact) mass is 261 g/mol. The van der Waals surface area contributed by atoms with Gasteiger partial charge in [0.2, 0.25) is 0 Å². The number of rotatable bonds is 3. The number of hydrogen-bond donors (Lipinski definition) is 0. The van der Waals surface area contributed by atoms with Crippen LogP contribution in [0.25, 0.3) is 0 Å². The SMILES string of the molecule is BrCC1CCCN1Cc1csnn1. The molecule has 1 aromatic rings. The molecule has 0 N–H and O–H groups in total. The van der Waals surface area contributed by atoms with Gasteiger partial charge in [0, 0.05) is 23.3 Å².